The van der Waals surface area contributed by atoms with E-state index in [4.69, 9.17) is 15.2 Å². The molecule has 0 aromatic carbocycles. The van der Waals surface area contributed by atoms with Crippen molar-refractivity contribution in [3.63, 3.8) is 0 Å². The third-order valence-corrected chi connectivity index (χ3v) is 1.43. The summed E-state index contributed by atoms with van der Waals surface area (Å²) in [5.74, 6) is -0.832. The first-order valence-electron chi connectivity index (χ1n) is 4.41. The predicted octanol–water partition coefficient (Wildman–Crippen LogP) is 0.595. The van der Waals surface area contributed by atoms with Crippen LogP contribution in [0.1, 0.15) is 20.8 Å². The minimum atomic E-state index is -0.832. The molecule has 0 aliphatic heterocycles. The van der Waals surface area contributed by atoms with Crippen LogP contribution in [0.15, 0.2) is 5.10 Å². The molecule has 14 heavy (non-hydrogen) atoms. The highest BCUT2D eigenvalue weighted by atomic mass is 32.1. The average Bonchev–Trinajstić information content (AvgIpc) is 2.03. The molecule has 0 aromatic rings. The molecule has 0 saturated heterocycles. The summed E-state index contributed by atoms with van der Waals surface area (Å²) in [5, 5.41) is 3.90. The van der Waals surface area contributed by atoms with E-state index in [1.54, 1.807) is 6.92 Å². The van der Waals surface area contributed by atoms with E-state index in [1.165, 1.54) is 6.21 Å². The Morgan fingerprint density at radius 3 is 2.36 bits per heavy atom. The first-order valence-corrected chi connectivity index (χ1v) is 4.82. The van der Waals surface area contributed by atoms with Gasteiger partial charge in [-0.1, -0.05) is 0 Å². The van der Waals surface area contributed by atoms with Crippen LogP contribution in [0.2, 0.25) is 0 Å². The third kappa shape index (κ3) is 5.85. The average molecular weight is 219 g/mol. The Labute approximate surface area is 89.6 Å². The Morgan fingerprint density at radius 2 is 2.00 bits per heavy atom. The molecule has 0 bridgehead atoms. The smallest absolute Gasteiger partial charge is 0.204 e. The van der Waals surface area contributed by atoms with E-state index in [0.717, 1.165) is 0 Å². The Bertz CT molecular complexity index is 203. The lowest BCUT2D eigenvalue weighted by molar-refractivity contribution is -0.167. The van der Waals surface area contributed by atoms with Crippen molar-refractivity contribution < 1.29 is 9.47 Å². The van der Waals surface area contributed by atoms with Crippen LogP contribution >= 0.6 is 12.2 Å². The van der Waals surface area contributed by atoms with Crippen molar-refractivity contribution in [3.8, 4) is 0 Å². The van der Waals surface area contributed by atoms with Gasteiger partial charge in [-0.15, -0.1) is 0 Å². The summed E-state index contributed by atoms with van der Waals surface area (Å²) in [6.45, 7) is 6.61. The molecule has 0 aliphatic carbocycles. The van der Waals surface area contributed by atoms with Crippen molar-refractivity contribution >= 4 is 23.5 Å². The van der Waals surface area contributed by atoms with Crippen LogP contribution in [-0.4, -0.2) is 30.3 Å². The topological polar surface area (TPSA) is 68.9 Å². The van der Waals surface area contributed by atoms with E-state index in [1.807, 2.05) is 13.8 Å². The fourth-order valence-corrected chi connectivity index (χ4v) is 0.955. The highest BCUT2D eigenvalue weighted by Crippen LogP contribution is 2.08. The largest absolute Gasteiger partial charge is 0.375 e. The lowest BCUT2D eigenvalue weighted by Crippen LogP contribution is -2.36. The number of nitrogens with zero attached hydrogens (tertiary/aromatic N) is 1. The SMILES string of the molecule is CCOC(C)(/C=N\NC(N)=S)OCC. The molecule has 0 atom stereocenters. The molecule has 0 saturated carbocycles. The van der Waals surface area contributed by atoms with Gasteiger partial charge in [0, 0.05) is 13.2 Å². The summed E-state index contributed by atoms with van der Waals surface area (Å²) in [6.07, 6.45) is 1.49. The maximum atomic E-state index is 5.36. The summed E-state index contributed by atoms with van der Waals surface area (Å²) >= 11 is 4.58. The van der Waals surface area contributed by atoms with Crippen molar-refractivity contribution in [1.82, 2.24) is 5.43 Å². The van der Waals surface area contributed by atoms with Gasteiger partial charge in [0.1, 0.15) is 0 Å². The van der Waals surface area contributed by atoms with Crippen LogP contribution < -0.4 is 11.2 Å². The first kappa shape index (κ1) is 13.3. The Morgan fingerprint density at radius 1 is 1.50 bits per heavy atom. The van der Waals surface area contributed by atoms with Crippen molar-refractivity contribution in [3.05, 3.63) is 0 Å². The Balaban J connectivity index is 4.19. The number of hydrogen-bond acceptors (Lipinski definition) is 4. The third-order valence-electron chi connectivity index (χ3n) is 1.34. The fourth-order valence-electron chi connectivity index (χ4n) is 0.903. The van der Waals surface area contributed by atoms with Gasteiger partial charge in [-0.25, -0.2) is 0 Å². The number of ether oxygens (including phenoxy) is 2. The molecule has 3 N–H and O–H groups in total. The summed E-state index contributed by atoms with van der Waals surface area (Å²) in [4.78, 5) is 0. The van der Waals surface area contributed by atoms with E-state index in [0.29, 0.717) is 13.2 Å². The summed E-state index contributed by atoms with van der Waals surface area (Å²) in [6, 6.07) is 0. The number of nitrogens with one attached hydrogen (secondary N) is 1. The van der Waals surface area contributed by atoms with Crippen LogP contribution in [0.5, 0.6) is 0 Å². The van der Waals surface area contributed by atoms with Gasteiger partial charge in [0.05, 0.1) is 6.21 Å². The molecule has 5 nitrogen and oxygen atoms in total. The van der Waals surface area contributed by atoms with Gasteiger partial charge in [0.15, 0.2) is 5.11 Å². The standard InChI is InChI=1S/C8H17N3O2S/c1-4-12-8(3,13-5-2)6-10-11-7(9)14/h6H,4-5H2,1-3H3,(H3,9,11,14)/b10-6-. The number of nitrogens with two attached hydrogens (primary N) is 1. The Kier molecular flexibility index (Phi) is 6.35. The van der Waals surface area contributed by atoms with Gasteiger partial charge in [-0.2, -0.15) is 5.10 Å². The molecule has 0 heterocycles. The van der Waals surface area contributed by atoms with Crippen LogP contribution in [0.25, 0.3) is 0 Å². The van der Waals surface area contributed by atoms with Gasteiger partial charge in [-0.3, -0.25) is 5.43 Å². The predicted molar refractivity (Wildman–Crippen MR) is 60.1 cm³/mol. The lowest BCUT2D eigenvalue weighted by Gasteiger charge is -2.24. The van der Waals surface area contributed by atoms with E-state index in [9.17, 15) is 0 Å². The molecule has 0 fully saturated rings. The molecule has 0 unspecified atom stereocenters. The first-order chi connectivity index (χ1) is 6.54. The highest BCUT2D eigenvalue weighted by molar-refractivity contribution is 7.80. The van der Waals surface area contributed by atoms with Crippen LogP contribution in [-0.2, 0) is 9.47 Å². The molecule has 0 aliphatic rings. The van der Waals surface area contributed by atoms with Crippen LogP contribution in [0.3, 0.4) is 0 Å². The van der Waals surface area contributed by atoms with E-state index in [2.05, 4.69) is 22.7 Å². The molecule has 0 rings (SSSR count). The number of hydrazone groups is 1. The van der Waals surface area contributed by atoms with E-state index < -0.39 is 5.79 Å². The van der Waals surface area contributed by atoms with Crippen molar-refractivity contribution in [1.29, 1.82) is 0 Å². The number of thiocarbonyl (C=S) groups is 1. The van der Waals surface area contributed by atoms with Crippen molar-refractivity contribution in [2.75, 3.05) is 13.2 Å². The Hall–Kier alpha value is -0.720. The zero-order valence-electron chi connectivity index (χ0n) is 8.74. The van der Waals surface area contributed by atoms with Crippen LogP contribution in [0, 0.1) is 0 Å². The quantitative estimate of drug-likeness (QED) is 0.296. The maximum Gasteiger partial charge on any atom is 0.204 e. The van der Waals surface area contributed by atoms with Gasteiger partial charge in [0.25, 0.3) is 0 Å². The minimum absolute atomic E-state index is 0.108. The minimum Gasteiger partial charge on any atom is -0.375 e. The maximum absolute atomic E-state index is 5.36. The van der Waals surface area contributed by atoms with Gasteiger partial charge >= 0.3 is 0 Å². The summed E-state index contributed by atoms with van der Waals surface area (Å²) in [5.41, 5.74) is 7.63. The zero-order chi connectivity index (χ0) is 11.0. The summed E-state index contributed by atoms with van der Waals surface area (Å²) < 4.78 is 10.7. The molecule has 0 aromatic heterocycles. The van der Waals surface area contributed by atoms with E-state index >= 15 is 0 Å². The normalized spacial score (nSPS) is 11.9. The molecular formula is C8H17N3O2S. The fraction of sp³-hybridized carbons (Fsp3) is 0.750. The van der Waals surface area contributed by atoms with Gasteiger partial charge in [-0.05, 0) is 33.0 Å². The zero-order valence-corrected chi connectivity index (χ0v) is 9.56. The van der Waals surface area contributed by atoms with E-state index in [-0.39, 0.29) is 5.11 Å². The molecule has 6 heteroatoms. The molecule has 0 amide bonds. The summed E-state index contributed by atoms with van der Waals surface area (Å²) in [7, 11) is 0. The molecular weight excluding hydrogens is 202 g/mol. The molecule has 0 spiro atoms. The lowest BCUT2D eigenvalue weighted by atomic mass is 10.3. The highest BCUT2D eigenvalue weighted by Gasteiger charge is 2.21. The second-order valence-corrected chi connectivity index (χ2v) is 3.06. The number of rotatable bonds is 6. The monoisotopic (exact) mass is 219 g/mol. The van der Waals surface area contributed by atoms with Gasteiger partial charge in [0.2, 0.25) is 5.79 Å². The number of hydrogen-bond donors (Lipinski definition) is 2. The second kappa shape index (κ2) is 6.69. The second-order valence-electron chi connectivity index (χ2n) is 2.62. The van der Waals surface area contributed by atoms with Crippen molar-refractivity contribution in [2.45, 2.75) is 26.6 Å². The molecule has 0 radical (unpaired) electrons. The van der Waals surface area contributed by atoms with Gasteiger partial charge < -0.3 is 15.2 Å². The van der Waals surface area contributed by atoms with Crippen LogP contribution in [0.4, 0.5) is 0 Å². The van der Waals surface area contributed by atoms with Crippen molar-refractivity contribution in [2.24, 2.45) is 10.8 Å². The molecule has 82 valence electrons.